The molecule has 1 aromatic carbocycles. The summed E-state index contributed by atoms with van der Waals surface area (Å²) in [6, 6.07) is 4.49. The molecule has 5 heteroatoms. The third kappa shape index (κ3) is 1.97. The molecule has 0 saturated carbocycles. The van der Waals surface area contributed by atoms with Crippen LogP contribution in [-0.2, 0) is 11.4 Å². The average molecular weight is 286 g/mol. The fourth-order valence-electron chi connectivity index (χ4n) is 1.67. The molecule has 74 valence electrons. The molecule has 0 radical (unpaired) electrons. The maximum atomic E-state index is 4.52. The summed E-state index contributed by atoms with van der Waals surface area (Å²) in [5, 5.41) is 0. The van der Waals surface area contributed by atoms with Crippen molar-refractivity contribution in [1.29, 1.82) is 0 Å². The van der Waals surface area contributed by atoms with Crippen LogP contribution >= 0.6 is 10.2 Å². The van der Waals surface area contributed by atoms with Crippen molar-refractivity contribution in [3.8, 4) is 0 Å². The van der Waals surface area contributed by atoms with Crippen LogP contribution in [0, 0.1) is 20.8 Å². The van der Waals surface area contributed by atoms with Gasteiger partial charge in [0.2, 0.25) is 0 Å². The van der Waals surface area contributed by atoms with Crippen LogP contribution in [0.2, 0.25) is 0 Å². The van der Waals surface area contributed by atoms with Crippen molar-refractivity contribution in [2.45, 2.75) is 20.8 Å². The van der Waals surface area contributed by atoms with E-state index < -0.39 is 13.7 Å². The normalized spacial score (nSPS) is 19.8. The topological polar surface area (TPSA) is 24.7 Å². The summed E-state index contributed by atoms with van der Waals surface area (Å²) in [4.78, 5) is 0. The standard InChI is InChI=1S/C9H11AsN2S2/c1-6-4-7(2)9(8(3)5-6)10-11-14-12-13-10/h4-5H,1-3H3. The van der Waals surface area contributed by atoms with Gasteiger partial charge >= 0.3 is 96.3 Å². The molecular formula is C9H11AsN2S2. The summed E-state index contributed by atoms with van der Waals surface area (Å²) in [5.41, 5.74) is 4.11. The molecule has 1 atom stereocenters. The quantitative estimate of drug-likeness (QED) is 0.575. The molecule has 0 aliphatic carbocycles. The minimum atomic E-state index is -1.27. The van der Waals surface area contributed by atoms with Gasteiger partial charge in [0.1, 0.15) is 0 Å². The van der Waals surface area contributed by atoms with E-state index in [0.29, 0.717) is 0 Å². The van der Waals surface area contributed by atoms with Crippen LogP contribution < -0.4 is 4.35 Å². The van der Waals surface area contributed by atoms with Crippen LogP contribution in [0.3, 0.4) is 0 Å². The molecule has 0 saturated heterocycles. The minimum absolute atomic E-state index is 1.27. The van der Waals surface area contributed by atoms with Crippen molar-refractivity contribution in [2.75, 3.05) is 0 Å². The molecule has 1 aromatic rings. The van der Waals surface area contributed by atoms with E-state index in [1.807, 2.05) is 0 Å². The second-order valence-electron chi connectivity index (χ2n) is 3.34. The Balaban J connectivity index is 2.47. The van der Waals surface area contributed by atoms with E-state index >= 15 is 0 Å². The van der Waals surface area contributed by atoms with Crippen LogP contribution in [0.15, 0.2) is 19.2 Å². The zero-order chi connectivity index (χ0) is 10.1. The van der Waals surface area contributed by atoms with Gasteiger partial charge in [-0.3, -0.25) is 0 Å². The van der Waals surface area contributed by atoms with E-state index in [1.54, 1.807) is 10.2 Å². The number of aryl methyl sites for hydroxylation is 3. The Kier molecular flexibility index (Phi) is 3.15. The van der Waals surface area contributed by atoms with E-state index in [9.17, 15) is 0 Å². The first-order valence-electron chi connectivity index (χ1n) is 4.31. The molecule has 1 aliphatic heterocycles. The third-order valence-electron chi connectivity index (χ3n) is 2.08. The maximum absolute atomic E-state index is 4.52. The van der Waals surface area contributed by atoms with E-state index in [0.717, 1.165) is 0 Å². The van der Waals surface area contributed by atoms with Gasteiger partial charge < -0.3 is 0 Å². The van der Waals surface area contributed by atoms with Crippen LogP contribution in [0.4, 0.5) is 0 Å². The van der Waals surface area contributed by atoms with Gasteiger partial charge in [-0.25, -0.2) is 0 Å². The average Bonchev–Trinajstić information content (AvgIpc) is 2.54. The molecule has 1 aliphatic rings. The molecule has 1 unspecified atom stereocenters. The van der Waals surface area contributed by atoms with E-state index in [4.69, 9.17) is 0 Å². The molecule has 0 N–H and O–H groups in total. The van der Waals surface area contributed by atoms with Crippen molar-refractivity contribution in [3.63, 3.8) is 0 Å². The van der Waals surface area contributed by atoms with Gasteiger partial charge in [0, 0.05) is 0 Å². The van der Waals surface area contributed by atoms with E-state index in [2.05, 4.69) is 40.0 Å². The Morgan fingerprint density at radius 1 is 1.14 bits per heavy atom. The fourth-order valence-corrected chi connectivity index (χ4v) is 10.3. The number of benzene rings is 1. The number of hydrogen-bond donors (Lipinski definition) is 0. The molecule has 0 spiro atoms. The van der Waals surface area contributed by atoms with Crippen molar-refractivity contribution >= 4 is 39.6 Å². The zero-order valence-corrected chi connectivity index (χ0v) is 11.8. The Morgan fingerprint density at radius 3 is 2.29 bits per heavy atom. The molecule has 14 heavy (non-hydrogen) atoms. The first kappa shape index (κ1) is 10.5. The summed E-state index contributed by atoms with van der Waals surface area (Å²) in [7, 11) is 1.70. The molecule has 1 heterocycles. The van der Waals surface area contributed by atoms with Crippen LogP contribution in [-0.4, -0.2) is 13.7 Å². The van der Waals surface area contributed by atoms with Crippen molar-refractivity contribution in [2.24, 2.45) is 7.05 Å². The van der Waals surface area contributed by atoms with Gasteiger partial charge in [-0.1, -0.05) is 0 Å². The third-order valence-corrected chi connectivity index (χ3v) is 10.9. The predicted octanol–water partition coefficient (Wildman–Crippen LogP) is 2.42. The van der Waals surface area contributed by atoms with Gasteiger partial charge in [-0.2, -0.15) is 0 Å². The molecular weight excluding hydrogens is 275 g/mol. The summed E-state index contributed by atoms with van der Waals surface area (Å²) in [5.74, 6) is 0. The Hall–Kier alpha value is -0.0516. The Labute approximate surface area is 96.0 Å². The summed E-state index contributed by atoms with van der Waals surface area (Å²) in [6.45, 7) is 6.51. The fraction of sp³-hybridized carbons (Fsp3) is 0.333. The molecule has 0 fully saturated rings. The SMILES string of the molecule is Cc1cc(C)c([As]2N=S=NS2)c(C)c1. The summed E-state index contributed by atoms with van der Waals surface area (Å²) < 4.78 is 10.2. The van der Waals surface area contributed by atoms with Crippen LogP contribution in [0.1, 0.15) is 16.7 Å². The van der Waals surface area contributed by atoms with Crippen molar-refractivity contribution in [1.82, 2.24) is 0 Å². The summed E-state index contributed by atoms with van der Waals surface area (Å²) >= 11 is 0.106. The monoisotopic (exact) mass is 286 g/mol. The van der Waals surface area contributed by atoms with Gasteiger partial charge in [0.15, 0.2) is 0 Å². The van der Waals surface area contributed by atoms with Gasteiger partial charge in [0.05, 0.1) is 0 Å². The Morgan fingerprint density at radius 2 is 1.79 bits per heavy atom. The number of hydrogen-bond acceptors (Lipinski definition) is 3. The van der Waals surface area contributed by atoms with Gasteiger partial charge in [0.25, 0.3) is 0 Å². The van der Waals surface area contributed by atoms with Gasteiger partial charge in [-0.05, 0) is 0 Å². The second-order valence-corrected chi connectivity index (χ2v) is 10.4. The molecule has 0 bridgehead atoms. The van der Waals surface area contributed by atoms with Crippen LogP contribution in [0.25, 0.3) is 0 Å². The first-order valence-corrected chi connectivity index (χ1v) is 9.85. The van der Waals surface area contributed by atoms with Gasteiger partial charge in [-0.15, -0.1) is 0 Å². The summed E-state index contributed by atoms with van der Waals surface area (Å²) in [6.07, 6.45) is 0. The number of nitrogens with zero attached hydrogens (tertiary/aromatic N) is 2. The predicted molar refractivity (Wildman–Crippen MR) is 65.9 cm³/mol. The zero-order valence-electron chi connectivity index (χ0n) is 8.31. The molecule has 2 rings (SSSR count). The number of rotatable bonds is 1. The molecule has 0 aromatic heterocycles. The van der Waals surface area contributed by atoms with Crippen molar-refractivity contribution in [3.05, 3.63) is 28.8 Å². The van der Waals surface area contributed by atoms with Crippen molar-refractivity contribution < 1.29 is 0 Å². The first-order chi connectivity index (χ1) is 6.68. The Bertz CT molecular complexity index is 415. The van der Waals surface area contributed by atoms with Crippen LogP contribution in [0.5, 0.6) is 0 Å². The molecule has 0 amide bonds. The second kappa shape index (κ2) is 4.21. The van der Waals surface area contributed by atoms with E-state index in [-0.39, 0.29) is 0 Å². The van der Waals surface area contributed by atoms with E-state index in [1.165, 1.54) is 32.4 Å². The molecule has 2 nitrogen and oxygen atoms in total.